The monoisotopic (exact) mass is 327 g/mol. The summed E-state index contributed by atoms with van der Waals surface area (Å²) >= 11 is 3.19. The minimum atomic E-state index is -3.24. The van der Waals surface area contributed by atoms with Gasteiger partial charge in [-0.3, -0.25) is 0 Å². The van der Waals surface area contributed by atoms with Crippen LogP contribution in [-0.4, -0.2) is 13.7 Å². The normalized spacial score (nSPS) is 18.8. The molecule has 2 nitrogen and oxygen atoms in total. The highest BCUT2D eigenvalue weighted by molar-refractivity contribution is 9.13. The van der Waals surface area contributed by atoms with Crippen molar-refractivity contribution in [3.8, 4) is 0 Å². The SMILES string of the molecule is O=S(=O)(C(Br)=[C]c1ccccc1)C1CCCCC1. The van der Waals surface area contributed by atoms with Gasteiger partial charge in [0.25, 0.3) is 0 Å². The molecule has 0 aliphatic heterocycles. The lowest BCUT2D eigenvalue weighted by Crippen LogP contribution is -2.23. The van der Waals surface area contributed by atoms with E-state index in [1.165, 1.54) is 0 Å². The summed E-state index contributed by atoms with van der Waals surface area (Å²) in [7, 11) is -3.24. The molecular formula is C14H16BrO2S. The largest absolute Gasteiger partial charge is 0.223 e. The molecule has 1 aromatic carbocycles. The Balaban J connectivity index is 2.21. The highest BCUT2D eigenvalue weighted by Gasteiger charge is 2.29. The zero-order chi connectivity index (χ0) is 13.0. The van der Waals surface area contributed by atoms with Gasteiger partial charge >= 0.3 is 0 Å². The molecule has 1 radical (unpaired) electrons. The zero-order valence-corrected chi connectivity index (χ0v) is 12.5. The van der Waals surface area contributed by atoms with Crippen molar-refractivity contribution in [2.45, 2.75) is 37.4 Å². The topological polar surface area (TPSA) is 34.1 Å². The maximum absolute atomic E-state index is 12.3. The van der Waals surface area contributed by atoms with Gasteiger partial charge in [0, 0.05) is 6.08 Å². The summed E-state index contributed by atoms with van der Waals surface area (Å²) in [5, 5.41) is -0.239. The summed E-state index contributed by atoms with van der Waals surface area (Å²) in [6.45, 7) is 0. The van der Waals surface area contributed by atoms with Gasteiger partial charge in [-0.25, -0.2) is 8.42 Å². The Morgan fingerprint density at radius 2 is 1.72 bits per heavy atom. The third kappa shape index (κ3) is 3.23. The molecule has 1 aliphatic rings. The Morgan fingerprint density at radius 3 is 2.33 bits per heavy atom. The summed E-state index contributed by atoms with van der Waals surface area (Å²) in [4.78, 5) is 0. The molecule has 1 fully saturated rings. The number of hydrogen-bond donors (Lipinski definition) is 0. The van der Waals surface area contributed by atoms with Crippen LogP contribution in [0.3, 0.4) is 0 Å². The van der Waals surface area contributed by atoms with Crippen LogP contribution >= 0.6 is 15.9 Å². The number of benzene rings is 1. The fourth-order valence-corrected chi connectivity index (χ4v) is 4.76. The molecule has 0 amide bonds. The summed E-state index contributed by atoms with van der Waals surface area (Å²) in [6.07, 6.45) is 7.64. The van der Waals surface area contributed by atoms with E-state index in [4.69, 9.17) is 0 Å². The third-order valence-electron chi connectivity index (χ3n) is 3.26. The van der Waals surface area contributed by atoms with E-state index in [2.05, 4.69) is 22.0 Å². The molecule has 1 saturated carbocycles. The van der Waals surface area contributed by atoms with Gasteiger partial charge in [0.2, 0.25) is 0 Å². The maximum Gasteiger partial charge on any atom is 0.188 e. The Bertz CT molecular complexity index is 514. The van der Waals surface area contributed by atoms with Gasteiger partial charge in [-0.1, -0.05) is 49.6 Å². The molecule has 0 saturated heterocycles. The van der Waals surface area contributed by atoms with Crippen LogP contribution < -0.4 is 0 Å². The van der Waals surface area contributed by atoms with Gasteiger partial charge < -0.3 is 0 Å². The molecule has 1 aromatic rings. The molecule has 0 spiro atoms. The van der Waals surface area contributed by atoms with Crippen molar-refractivity contribution in [1.29, 1.82) is 0 Å². The summed E-state index contributed by atoms with van der Waals surface area (Å²) < 4.78 is 24.9. The third-order valence-corrected chi connectivity index (χ3v) is 6.76. The van der Waals surface area contributed by atoms with Crippen LogP contribution in [0.4, 0.5) is 0 Å². The molecule has 4 heteroatoms. The minimum absolute atomic E-state index is 0.188. The molecular weight excluding hydrogens is 312 g/mol. The Hall–Kier alpha value is -0.610. The summed E-state index contributed by atoms with van der Waals surface area (Å²) in [5.41, 5.74) is 0.781. The van der Waals surface area contributed by atoms with E-state index in [0.717, 1.165) is 37.7 Å². The lowest BCUT2D eigenvalue weighted by molar-refractivity contribution is 0.487. The highest BCUT2D eigenvalue weighted by atomic mass is 79.9. The summed E-state index contributed by atoms with van der Waals surface area (Å²) in [5.74, 6) is 0. The van der Waals surface area contributed by atoms with Gasteiger partial charge in [-0.15, -0.1) is 0 Å². The second-order valence-electron chi connectivity index (χ2n) is 4.57. The van der Waals surface area contributed by atoms with Crippen molar-refractivity contribution in [1.82, 2.24) is 0 Å². The van der Waals surface area contributed by atoms with Crippen LogP contribution in [0.2, 0.25) is 0 Å². The second-order valence-corrected chi connectivity index (χ2v) is 8.05. The first-order valence-electron chi connectivity index (χ1n) is 6.19. The molecule has 1 aliphatic carbocycles. The lowest BCUT2D eigenvalue weighted by atomic mass is 10.0. The molecule has 0 atom stereocenters. The number of halogens is 1. The highest BCUT2D eigenvalue weighted by Crippen LogP contribution is 2.30. The zero-order valence-electron chi connectivity index (χ0n) is 10.1. The predicted molar refractivity (Wildman–Crippen MR) is 77.0 cm³/mol. The smallest absolute Gasteiger partial charge is 0.188 e. The van der Waals surface area contributed by atoms with Crippen molar-refractivity contribution in [3.63, 3.8) is 0 Å². The fourth-order valence-electron chi connectivity index (χ4n) is 2.23. The summed E-state index contributed by atoms with van der Waals surface area (Å²) in [6, 6.07) is 9.33. The first-order chi connectivity index (χ1) is 8.60. The Labute approximate surface area is 117 Å². The molecule has 0 aromatic heterocycles. The number of rotatable bonds is 3. The van der Waals surface area contributed by atoms with E-state index in [1.54, 1.807) is 0 Å². The lowest BCUT2D eigenvalue weighted by Gasteiger charge is -2.21. The van der Waals surface area contributed by atoms with Crippen molar-refractivity contribution in [2.24, 2.45) is 0 Å². The van der Waals surface area contributed by atoms with Crippen LogP contribution in [-0.2, 0) is 9.84 Å². The average molecular weight is 328 g/mol. The Morgan fingerprint density at radius 1 is 1.11 bits per heavy atom. The minimum Gasteiger partial charge on any atom is -0.223 e. The van der Waals surface area contributed by atoms with E-state index in [0.29, 0.717) is 0 Å². The van der Waals surface area contributed by atoms with E-state index in [9.17, 15) is 8.42 Å². The molecule has 0 N–H and O–H groups in total. The predicted octanol–water partition coefficient (Wildman–Crippen LogP) is 3.82. The molecule has 18 heavy (non-hydrogen) atoms. The van der Waals surface area contributed by atoms with E-state index < -0.39 is 9.84 Å². The van der Waals surface area contributed by atoms with Crippen molar-refractivity contribution in [3.05, 3.63) is 45.8 Å². The van der Waals surface area contributed by atoms with E-state index in [1.807, 2.05) is 30.3 Å². The van der Waals surface area contributed by atoms with Gasteiger partial charge in [0.05, 0.1) is 5.25 Å². The molecule has 2 rings (SSSR count). The quantitative estimate of drug-likeness (QED) is 0.845. The number of hydrogen-bond acceptors (Lipinski definition) is 2. The van der Waals surface area contributed by atoms with Gasteiger partial charge in [0.1, 0.15) is 3.81 Å². The van der Waals surface area contributed by atoms with Crippen LogP contribution in [0, 0.1) is 6.08 Å². The van der Waals surface area contributed by atoms with Crippen molar-refractivity contribution < 1.29 is 8.42 Å². The van der Waals surface area contributed by atoms with Gasteiger partial charge in [-0.05, 0) is 34.3 Å². The van der Waals surface area contributed by atoms with Gasteiger partial charge in [-0.2, -0.15) is 0 Å². The molecule has 0 unspecified atom stereocenters. The van der Waals surface area contributed by atoms with Gasteiger partial charge in [0.15, 0.2) is 9.84 Å². The van der Waals surface area contributed by atoms with E-state index in [-0.39, 0.29) is 9.06 Å². The van der Waals surface area contributed by atoms with Crippen molar-refractivity contribution >= 4 is 25.8 Å². The average Bonchev–Trinajstić information content (AvgIpc) is 2.41. The van der Waals surface area contributed by atoms with Crippen LogP contribution in [0.5, 0.6) is 0 Å². The van der Waals surface area contributed by atoms with Crippen LogP contribution in [0.15, 0.2) is 34.1 Å². The Kier molecular flexibility index (Phi) is 4.62. The second kappa shape index (κ2) is 6.02. The van der Waals surface area contributed by atoms with Crippen LogP contribution in [0.25, 0.3) is 0 Å². The standard InChI is InChI=1S/C14H16BrO2S/c15-14(11-12-7-3-1-4-8-12)18(16,17)13-9-5-2-6-10-13/h1,3-4,7-8,13H,2,5-6,9-10H2. The fraction of sp³-hybridized carbons (Fsp3) is 0.429. The van der Waals surface area contributed by atoms with Crippen LogP contribution in [0.1, 0.15) is 37.7 Å². The first-order valence-corrected chi connectivity index (χ1v) is 8.53. The van der Waals surface area contributed by atoms with Crippen molar-refractivity contribution in [2.75, 3.05) is 0 Å². The number of sulfone groups is 1. The van der Waals surface area contributed by atoms with E-state index >= 15 is 0 Å². The molecule has 0 heterocycles. The maximum atomic E-state index is 12.3. The molecule has 0 bridgehead atoms. The molecule has 97 valence electrons. The first kappa shape index (κ1) is 13.8.